The molecule has 0 fully saturated rings. The van der Waals surface area contributed by atoms with E-state index in [9.17, 15) is 0 Å². The molecule has 0 spiro atoms. The van der Waals surface area contributed by atoms with E-state index < -0.39 is 0 Å². The molecule has 1 heterocycles. The van der Waals surface area contributed by atoms with Gasteiger partial charge in [0.1, 0.15) is 0 Å². The predicted molar refractivity (Wildman–Crippen MR) is 105 cm³/mol. The number of hydrogen-bond donors (Lipinski definition) is 0. The zero-order valence-electron chi connectivity index (χ0n) is 13.6. The Morgan fingerprint density at radius 3 is 2.00 bits per heavy atom. The Morgan fingerprint density at radius 2 is 1.43 bits per heavy atom. The van der Waals surface area contributed by atoms with Gasteiger partial charge in [-0.25, -0.2) is 0 Å². The molecule has 0 aliphatic rings. The Bertz CT molecular complexity index is 812. The minimum absolute atomic E-state index is 0. The Kier molecular flexibility index (Phi) is 5.60. The van der Waals surface area contributed by atoms with Gasteiger partial charge >= 0.3 is 0 Å². The quantitative estimate of drug-likeness (QED) is 0.552. The number of aromatic nitrogens is 1. The molecule has 3 rings (SSSR count). The number of hydrogen-bond acceptors (Lipinski definition) is 2. The molecule has 0 atom stereocenters. The van der Waals surface area contributed by atoms with Crippen LogP contribution in [0.4, 0.5) is 0 Å². The van der Waals surface area contributed by atoms with Crippen LogP contribution in [0.1, 0.15) is 20.8 Å². The summed E-state index contributed by atoms with van der Waals surface area (Å²) in [7, 11) is 0. The molecule has 0 saturated carbocycles. The molecule has 0 unspecified atom stereocenters. The summed E-state index contributed by atoms with van der Waals surface area (Å²) in [5, 5.41) is 2.19. The molecule has 2 aromatic carbocycles. The van der Waals surface area contributed by atoms with Crippen LogP contribution in [0.15, 0.2) is 71.0 Å². The maximum Gasteiger partial charge on any atom is 0.190 e. The smallest absolute Gasteiger partial charge is 0.190 e. The van der Waals surface area contributed by atoms with Crippen molar-refractivity contribution in [2.24, 2.45) is 4.99 Å². The molecule has 0 saturated heterocycles. The summed E-state index contributed by atoms with van der Waals surface area (Å²) in [5.41, 5.74) is 3.43. The molecule has 0 N–H and O–H groups in total. The van der Waals surface area contributed by atoms with Crippen molar-refractivity contribution in [1.29, 1.82) is 0 Å². The Morgan fingerprint density at radius 1 is 0.870 bits per heavy atom. The van der Waals surface area contributed by atoms with Gasteiger partial charge in [-0.1, -0.05) is 48.5 Å². The fourth-order valence-electron chi connectivity index (χ4n) is 2.31. The fourth-order valence-corrected chi connectivity index (χ4v) is 3.41. The summed E-state index contributed by atoms with van der Waals surface area (Å²) in [5.74, 6) is 0. The second-order valence-electron chi connectivity index (χ2n) is 6.22. The van der Waals surface area contributed by atoms with Gasteiger partial charge in [0.25, 0.3) is 0 Å². The summed E-state index contributed by atoms with van der Waals surface area (Å²) < 4.78 is 2.24. The highest BCUT2D eigenvalue weighted by molar-refractivity contribution is 8.93. The highest BCUT2D eigenvalue weighted by Gasteiger charge is 2.13. The summed E-state index contributed by atoms with van der Waals surface area (Å²) >= 11 is 1.69. The van der Waals surface area contributed by atoms with Crippen molar-refractivity contribution in [1.82, 2.24) is 4.57 Å². The predicted octanol–water partition coefficient (Wildman–Crippen LogP) is 5.48. The molecular formula is C19H21BrN2S. The summed E-state index contributed by atoms with van der Waals surface area (Å²) in [4.78, 5) is 5.92. The van der Waals surface area contributed by atoms with Crippen LogP contribution in [0.3, 0.4) is 0 Å². The van der Waals surface area contributed by atoms with Gasteiger partial charge < -0.3 is 0 Å². The van der Waals surface area contributed by atoms with Gasteiger partial charge in [0.05, 0.1) is 11.2 Å². The second-order valence-corrected chi connectivity index (χ2v) is 7.06. The van der Waals surface area contributed by atoms with Crippen molar-refractivity contribution in [3.63, 3.8) is 0 Å². The summed E-state index contributed by atoms with van der Waals surface area (Å²) in [6.45, 7) is 6.39. The van der Waals surface area contributed by atoms with Crippen LogP contribution >= 0.6 is 28.3 Å². The molecule has 23 heavy (non-hydrogen) atoms. The van der Waals surface area contributed by atoms with Gasteiger partial charge in [-0.05, 0) is 38.5 Å². The molecule has 120 valence electrons. The van der Waals surface area contributed by atoms with E-state index in [4.69, 9.17) is 4.99 Å². The van der Waals surface area contributed by atoms with E-state index in [2.05, 4.69) is 79.2 Å². The molecule has 4 heteroatoms. The van der Waals surface area contributed by atoms with Crippen molar-refractivity contribution >= 4 is 28.3 Å². The van der Waals surface area contributed by atoms with Gasteiger partial charge in [0.15, 0.2) is 4.80 Å². The van der Waals surface area contributed by atoms with Gasteiger partial charge in [-0.3, -0.25) is 9.56 Å². The highest BCUT2D eigenvalue weighted by atomic mass is 79.9. The Labute approximate surface area is 151 Å². The van der Waals surface area contributed by atoms with Gasteiger partial charge in [-0.2, -0.15) is 0 Å². The van der Waals surface area contributed by atoms with E-state index in [1.807, 2.05) is 12.1 Å². The fraction of sp³-hybridized carbons (Fsp3) is 0.211. The zero-order valence-corrected chi connectivity index (χ0v) is 16.1. The summed E-state index contributed by atoms with van der Waals surface area (Å²) in [6, 6.07) is 20.9. The number of nitrogens with zero attached hydrogens (tertiary/aromatic N) is 2. The van der Waals surface area contributed by atoms with Crippen molar-refractivity contribution in [2.45, 2.75) is 26.3 Å². The van der Waals surface area contributed by atoms with Crippen LogP contribution in [-0.4, -0.2) is 10.1 Å². The number of rotatable bonds is 2. The molecule has 0 amide bonds. The van der Waals surface area contributed by atoms with E-state index in [1.165, 1.54) is 11.3 Å². The lowest BCUT2D eigenvalue weighted by Crippen LogP contribution is -2.21. The number of para-hydroxylation sites is 1. The molecule has 1 aromatic heterocycles. The first-order chi connectivity index (χ1) is 10.5. The molecule has 0 aliphatic carbocycles. The van der Waals surface area contributed by atoms with E-state index in [0.717, 1.165) is 10.5 Å². The number of benzene rings is 2. The van der Waals surface area contributed by atoms with Gasteiger partial charge in [0, 0.05) is 11.1 Å². The maximum atomic E-state index is 4.90. The van der Waals surface area contributed by atoms with Crippen molar-refractivity contribution in [3.8, 4) is 16.9 Å². The normalized spacial score (nSPS) is 12.0. The third kappa shape index (κ3) is 4.21. The monoisotopic (exact) mass is 388 g/mol. The van der Waals surface area contributed by atoms with E-state index in [-0.39, 0.29) is 22.5 Å². The van der Waals surface area contributed by atoms with Crippen LogP contribution < -0.4 is 4.80 Å². The van der Waals surface area contributed by atoms with Gasteiger partial charge in [0.2, 0.25) is 0 Å². The van der Waals surface area contributed by atoms with E-state index in [1.54, 1.807) is 11.3 Å². The third-order valence-electron chi connectivity index (χ3n) is 3.22. The molecule has 0 radical (unpaired) electrons. The lowest BCUT2D eigenvalue weighted by Gasteiger charge is -2.13. The maximum absolute atomic E-state index is 4.90. The van der Waals surface area contributed by atoms with E-state index >= 15 is 0 Å². The molecule has 3 aromatic rings. The van der Waals surface area contributed by atoms with Crippen LogP contribution in [0.25, 0.3) is 16.9 Å². The average Bonchev–Trinajstić information content (AvgIpc) is 2.90. The minimum atomic E-state index is -0.102. The average molecular weight is 389 g/mol. The topological polar surface area (TPSA) is 17.3 Å². The van der Waals surface area contributed by atoms with Crippen molar-refractivity contribution in [3.05, 3.63) is 70.8 Å². The Hall–Kier alpha value is -1.65. The standard InChI is InChI=1S/C19H20N2S.BrH/c1-19(2,3)20-18-21(16-12-8-5-9-13-16)17(14-22-18)15-10-6-4-7-11-15;/h4-14H,1-3H3;1H. The lowest BCUT2D eigenvalue weighted by molar-refractivity contribution is 0.562. The SMILES string of the molecule is Br.CC(C)(C)N=c1scc(-c2ccccc2)n1-c1ccccc1. The first-order valence-corrected chi connectivity index (χ1v) is 8.30. The van der Waals surface area contributed by atoms with Crippen LogP contribution in [-0.2, 0) is 0 Å². The molecular weight excluding hydrogens is 368 g/mol. The Balaban J connectivity index is 0.00000192. The number of thiazole rings is 1. The largest absolute Gasteiger partial charge is 0.285 e. The minimum Gasteiger partial charge on any atom is -0.285 e. The zero-order chi connectivity index (χ0) is 15.6. The molecule has 0 bridgehead atoms. The first-order valence-electron chi connectivity index (χ1n) is 7.42. The lowest BCUT2D eigenvalue weighted by atomic mass is 10.1. The van der Waals surface area contributed by atoms with Crippen molar-refractivity contribution < 1.29 is 0 Å². The second kappa shape index (κ2) is 7.28. The van der Waals surface area contributed by atoms with E-state index in [0.29, 0.717) is 0 Å². The first kappa shape index (κ1) is 17.7. The third-order valence-corrected chi connectivity index (χ3v) is 4.05. The number of halogens is 1. The molecule has 0 aliphatic heterocycles. The molecule has 2 nitrogen and oxygen atoms in total. The highest BCUT2D eigenvalue weighted by Crippen LogP contribution is 2.23. The van der Waals surface area contributed by atoms with Crippen LogP contribution in [0.5, 0.6) is 0 Å². The van der Waals surface area contributed by atoms with Crippen LogP contribution in [0, 0.1) is 0 Å². The van der Waals surface area contributed by atoms with Crippen LogP contribution in [0.2, 0.25) is 0 Å². The van der Waals surface area contributed by atoms with Gasteiger partial charge in [-0.15, -0.1) is 28.3 Å². The van der Waals surface area contributed by atoms with Crippen molar-refractivity contribution in [2.75, 3.05) is 0 Å². The summed E-state index contributed by atoms with van der Waals surface area (Å²) in [6.07, 6.45) is 0.